The molecule has 0 aliphatic heterocycles. The lowest BCUT2D eigenvalue weighted by molar-refractivity contribution is -0.384. The first-order chi connectivity index (χ1) is 12.5. The van der Waals surface area contributed by atoms with E-state index in [1.54, 1.807) is 0 Å². The third-order valence-electron chi connectivity index (χ3n) is 3.70. The molecule has 1 amide bonds. The first-order valence-corrected chi connectivity index (χ1v) is 8.54. The van der Waals surface area contributed by atoms with Crippen molar-refractivity contribution in [3.8, 4) is 17.0 Å². The highest BCUT2D eigenvalue weighted by molar-refractivity contribution is 7.14. The van der Waals surface area contributed by atoms with Gasteiger partial charge in [0, 0.05) is 29.8 Å². The number of aromatic nitrogens is 1. The summed E-state index contributed by atoms with van der Waals surface area (Å²) in [5.41, 5.74) is 1.55. The molecule has 2 N–H and O–H groups in total. The second-order valence-corrected chi connectivity index (χ2v) is 6.73. The maximum absolute atomic E-state index is 12.6. The summed E-state index contributed by atoms with van der Waals surface area (Å²) in [4.78, 5) is 27.8. The minimum absolute atomic E-state index is 0.0302. The van der Waals surface area contributed by atoms with E-state index in [0.29, 0.717) is 10.6 Å². The topological polar surface area (TPSA) is 105 Å². The monoisotopic (exact) mass is 369 g/mol. The van der Waals surface area contributed by atoms with Crippen molar-refractivity contribution in [1.29, 1.82) is 0 Å². The second-order valence-electron chi connectivity index (χ2n) is 5.53. The molecule has 0 radical (unpaired) electrons. The van der Waals surface area contributed by atoms with E-state index < -0.39 is 4.92 Å². The van der Waals surface area contributed by atoms with Crippen LogP contribution >= 0.6 is 11.3 Å². The van der Waals surface area contributed by atoms with E-state index in [4.69, 9.17) is 0 Å². The van der Waals surface area contributed by atoms with Crippen LogP contribution in [-0.4, -0.2) is 20.9 Å². The Morgan fingerprint density at radius 2 is 2.00 bits per heavy atom. The number of nitro benzene ring substituents is 1. The highest BCUT2D eigenvalue weighted by atomic mass is 32.1. The standard InChI is InChI=1S/C18H15N3O4S/c1-11-20-16(12-5-3-2-4-6-12)17(26-11)18(23)19-10-13-9-14(21(24)25)7-8-15(13)22/h2-9,22H,10H2,1H3,(H,19,23). The number of nitrogens with zero attached hydrogens (tertiary/aromatic N) is 2. The number of nitro groups is 1. The number of benzene rings is 2. The van der Waals surface area contributed by atoms with Crippen LogP contribution in [0.25, 0.3) is 11.3 Å². The molecule has 1 heterocycles. The van der Waals surface area contributed by atoms with Crippen molar-refractivity contribution >= 4 is 22.9 Å². The summed E-state index contributed by atoms with van der Waals surface area (Å²) in [5, 5.41) is 24.2. The number of hydrogen-bond acceptors (Lipinski definition) is 6. The molecule has 0 aliphatic carbocycles. The number of nitrogens with one attached hydrogen (secondary N) is 1. The predicted octanol–water partition coefficient (Wildman–Crippen LogP) is 3.66. The van der Waals surface area contributed by atoms with Gasteiger partial charge in [-0.2, -0.15) is 0 Å². The third-order valence-corrected chi connectivity index (χ3v) is 4.67. The minimum Gasteiger partial charge on any atom is -0.508 e. The molecule has 0 saturated carbocycles. The number of rotatable bonds is 5. The quantitative estimate of drug-likeness (QED) is 0.527. The average molecular weight is 369 g/mol. The molecule has 0 unspecified atom stereocenters. The van der Waals surface area contributed by atoms with Crippen molar-refractivity contribution < 1.29 is 14.8 Å². The molecular weight excluding hydrogens is 354 g/mol. The summed E-state index contributed by atoms with van der Waals surface area (Å²) in [7, 11) is 0. The molecule has 132 valence electrons. The molecule has 26 heavy (non-hydrogen) atoms. The van der Waals surface area contributed by atoms with Gasteiger partial charge in [-0.15, -0.1) is 11.3 Å². The van der Waals surface area contributed by atoms with E-state index in [9.17, 15) is 20.0 Å². The minimum atomic E-state index is -0.551. The maximum atomic E-state index is 12.6. The lowest BCUT2D eigenvalue weighted by Crippen LogP contribution is -2.22. The Kier molecular flexibility index (Phi) is 4.94. The highest BCUT2D eigenvalue weighted by Gasteiger charge is 2.19. The summed E-state index contributed by atoms with van der Waals surface area (Å²) in [6.45, 7) is 1.79. The fraction of sp³-hybridized carbons (Fsp3) is 0.111. The van der Waals surface area contributed by atoms with Crippen LogP contribution in [0.4, 0.5) is 5.69 Å². The lowest BCUT2D eigenvalue weighted by atomic mass is 10.1. The largest absolute Gasteiger partial charge is 0.508 e. The Labute approximate surface area is 153 Å². The van der Waals surface area contributed by atoms with Crippen LogP contribution < -0.4 is 5.32 Å². The number of non-ortho nitro benzene ring substituents is 1. The number of phenolic OH excluding ortho intramolecular Hbond substituents is 1. The van der Waals surface area contributed by atoms with Crippen molar-refractivity contribution in [1.82, 2.24) is 10.3 Å². The van der Waals surface area contributed by atoms with Crippen molar-refractivity contribution in [3.05, 3.63) is 74.1 Å². The molecule has 7 nitrogen and oxygen atoms in total. The zero-order chi connectivity index (χ0) is 18.7. The number of carbonyl (C=O) groups excluding carboxylic acids is 1. The van der Waals surface area contributed by atoms with Crippen LogP contribution in [0.5, 0.6) is 5.75 Å². The van der Waals surface area contributed by atoms with Gasteiger partial charge < -0.3 is 10.4 Å². The molecule has 0 saturated heterocycles. The Hall–Kier alpha value is -3.26. The molecule has 3 aromatic rings. The number of thiazole rings is 1. The van der Waals surface area contributed by atoms with Crippen LogP contribution in [-0.2, 0) is 6.54 Å². The lowest BCUT2D eigenvalue weighted by Gasteiger charge is -2.07. The van der Waals surface area contributed by atoms with Gasteiger partial charge in [0.1, 0.15) is 10.6 Å². The molecule has 1 aromatic heterocycles. The van der Waals surface area contributed by atoms with Gasteiger partial charge in [-0.05, 0) is 13.0 Å². The van der Waals surface area contributed by atoms with Crippen LogP contribution in [0.2, 0.25) is 0 Å². The van der Waals surface area contributed by atoms with E-state index in [2.05, 4.69) is 10.3 Å². The van der Waals surface area contributed by atoms with E-state index in [1.165, 1.54) is 29.5 Å². The Morgan fingerprint density at radius 3 is 2.69 bits per heavy atom. The first kappa shape index (κ1) is 17.6. The van der Waals surface area contributed by atoms with Gasteiger partial charge in [-0.25, -0.2) is 4.98 Å². The molecule has 2 aromatic carbocycles. The summed E-state index contributed by atoms with van der Waals surface area (Å²) < 4.78 is 0. The Bertz CT molecular complexity index is 970. The van der Waals surface area contributed by atoms with Crippen LogP contribution in [0, 0.1) is 17.0 Å². The van der Waals surface area contributed by atoms with Crippen LogP contribution in [0.3, 0.4) is 0 Å². The number of carbonyl (C=O) groups is 1. The fourth-order valence-corrected chi connectivity index (χ4v) is 3.31. The van der Waals surface area contributed by atoms with Gasteiger partial charge in [0.05, 0.1) is 15.6 Å². The summed E-state index contributed by atoms with van der Waals surface area (Å²) in [5.74, 6) is -0.458. The number of aryl methyl sites for hydroxylation is 1. The molecule has 3 rings (SSSR count). The van der Waals surface area contributed by atoms with Gasteiger partial charge in [-0.3, -0.25) is 14.9 Å². The van der Waals surface area contributed by atoms with E-state index in [1.807, 2.05) is 37.3 Å². The number of amides is 1. The SMILES string of the molecule is Cc1nc(-c2ccccc2)c(C(=O)NCc2cc([N+](=O)[O-])ccc2O)s1. The normalized spacial score (nSPS) is 10.5. The Morgan fingerprint density at radius 1 is 1.27 bits per heavy atom. The van der Waals surface area contributed by atoms with Gasteiger partial charge >= 0.3 is 0 Å². The zero-order valence-electron chi connectivity index (χ0n) is 13.8. The summed E-state index contributed by atoms with van der Waals surface area (Å²) >= 11 is 1.27. The number of aromatic hydroxyl groups is 1. The molecule has 8 heteroatoms. The number of phenols is 1. The third kappa shape index (κ3) is 3.70. The molecular formula is C18H15N3O4S. The molecule has 0 fully saturated rings. The Balaban J connectivity index is 1.82. The maximum Gasteiger partial charge on any atom is 0.270 e. The summed E-state index contributed by atoms with van der Waals surface area (Å²) in [6, 6.07) is 13.1. The summed E-state index contributed by atoms with van der Waals surface area (Å²) in [6.07, 6.45) is 0. The van der Waals surface area contributed by atoms with Gasteiger partial charge in [0.25, 0.3) is 11.6 Å². The van der Waals surface area contributed by atoms with Gasteiger partial charge in [0.2, 0.25) is 0 Å². The van der Waals surface area contributed by atoms with Crippen molar-refractivity contribution in [2.45, 2.75) is 13.5 Å². The molecule has 0 spiro atoms. The molecule has 0 aliphatic rings. The number of hydrogen-bond donors (Lipinski definition) is 2. The van der Waals surface area contributed by atoms with Crippen molar-refractivity contribution in [2.75, 3.05) is 0 Å². The van der Waals surface area contributed by atoms with E-state index >= 15 is 0 Å². The second kappa shape index (κ2) is 7.32. The van der Waals surface area contributed by atoms with Gasteiger partial charge in [-0.1, -0.05) is 30.3 Å². The highest BCUT2D eigenvalue weighted by Crippen LogP contribution is 2.28. The first-order valence-electron chi connectivity index (χ1n) is 7.73. The van der Waals surface area contributed by atoms with Crippen LogP contribution in [0.15, 0.2) is 48.5 Å². The zero-order valence-corrected chi connectivity index (χ0v) is 14.6. The predicted molar refractivity (Wildman–Crippen MR) is 98.2 cm³/mol. The van der Waals surface area contributed by atoms with Gasteiger partial charge in [0.15, 0.2) is 0 Å². The van der Waals surface area contributed by atoms with Crippen LogP contribution in [0.1, 0.15) is 20.2 Å². The molecule has 0 bridgehead atoms. The van der Waals surface area contributed by atoms with E-state index in [-0.39, 0.29) is 29.5 Å². The smallest absolute Gasteiger partial charge is 0.270 e. The van der Waals surface area contributed by atoms with Crippen molar-refractivity contribution in [2.24, 2.45) is 0 Å². The van der Waals surface area contributed by atoms with Crippen molar-refractivity contribution in [3.63, 3.8) is 0 Å². The molecule has 0 atom stereocenters. The average Bonchev–Trinajstić information content (AvgIpc) is 3.03. The fourth-order valence-electron chi connectivity index (χ4n) is 2.46. The van der Waals surface area contributed by atoms with E-state index in [0.717, 1.165) is 10.6 Å².